The Kier molecular flexibility index (Phi) is 4.83. The molecule has 2 unspecified atom stereocenters. The SMILES string of the molecule is CN(C)S(=O)n1cc(-c2c(Cl)cnc3ccc(N4CCC(F)C4)nc23)cn1. The Bertz CT molecular complexity index is 1030. The number of hydrogen-bond acceptors (Lipinski definition) is 5. The second-order valence-electron chi connectivity index (χ2n) is 6.52. The van der Waals surface area contributed by atoms with E-state index < -0.39 is 17.3 Å². The highest BCUT2D eigenvalue weighted by atomic mass is 35.5. The van der Waals surface area contributed by atoms with Crippen LogP contribution in [0.1, 0.15) is 6.42 Å². The van der Waals surface area contributed by atoms with Gasteiger partial charge in [0.2, 0.25) is 11.2 Å². The summed E-state index contributed by atoms with van der Waals surface area (Å²) in [5, 5.41) is 4.60. The lowest BCUT2D eigenvalue weighted by atomic mass is 10.1. The van der Waals surface area contributed by atoms with Crippen molar-refractivity contribution in [2.45, 2.75) is 12.6 Å². The lowest BCUT2D eigenvalue weighted by molar-refractivity contribution is 0.364. The molecule has 0 amide bonds. The molecule has 1 fully saturated rings. The molecule has 7 nitrogen and oxygen atoms in total. The Morgan fingerprint density at radius 3 is 2.85 bits per heavy atom. The minimum atomic E-state index is -1.43. The quantitative estimate of drug-likeness (QED) is 0.664. The van der Waals surface area contributed by atoms with Crippen LogP contribution in [0.25, 0.3) is 22.2 Å². The topological polar surface area (TPSA) is 67.2 Å². The maximum atomic E-state index is 13.6. The molecule has 0 aromatic carbocycles. The van der Waals surface area contributed by atoms with Crippen molar-refractivity contribution in [2.24, 2.45) is 0 Å². The Balaban J connectivity index is 1.82. The lowest BCUT2D eigenvalue weighted by Crippen LogP contribution is -2.22. The van der Waals surface area contributed by atoms with Crippen molar-refractivity contribution in [3.05, 3.63) is 35.7 Å². The van der Waals surface area contributed by atoms with E-state index in [2.05, 4.69) is 10.1 Å². The number of alkyl halides is 1. The Labute approximate surface area is 163 Å². The Morgan fingerprint density at radius 2 is 2.15 bits per heavy atom. The van der Waals surface area contributed by atoms with Gasteiger partial charge in [-0.1, -0.05) is 11.6 Å². The van der Waals surface area contributed by atoms with Gasteiger partial charge in [-0.2, -0.15) is 9.19 Å². The Morgan fingerprint density at radius 1 is 1.33 bits per heavy atom. The molecule has 27 heavy (non-hydrogen) atoms. The van der Waals surface area contributed by atoms with Crippen molar-refractivity contribution >= 4 is 39.6 Å². The highest BCUT2D eigenvalue weighted by Crippen LogP contribution is 2.34. The van der Waals surface area contributed by atoms with E-state index in [1.165, 1.54) is 4.09 Å². The lowest BCUT2D eigenvalue weighted by Gasteiger charge is -2.17. The molecule has 1 saturated heterocycles. The third-order valence-corrected chi connectivity index (χ3v) is 5.86. The monoisotopic (exact) mass is 408 g/mol. The van der Waals surface area contributed by atoms with Gasteiger partial charge in [0.15, 0.2) is 0 Å². The first-order chi connectivity index (χ1) is 12.9. The first-order valence-corrected chi connectivity index (χ1v) is 9.87. The van der Waals surface area contributed by atoms with Crippen molar-refractivity contribution < 1.29 is 8.60 Å². The van der Waals surface area contributed by atoms with Gasteiger partial charge in [-0.05, 0) is 18.6 Å². The van der Waals surface area contributed by atoms with E-state index in [-0.39, 0.29) is 0 Å². The summed E-state index contributed by atoms with van der Waals surface area (Å²) in [5.41, 5.74) is 2.65. The van der Waals surface area contributed by atoms with Gasteiger partial charge in [0.05, 0.1) is 23.3 Å². The summed E-state index contributed by atoms with van der Waals surface area (Å²) >= 11 is 5.00. The normalized spacial score (nSPS) is 18.6. The summed E-state index contributed by atoms with van der Waals surface area (Å²) in [4.78, 5) is 11.0. The van der Waals surface area contributed by atoms with Crippen molar-refractivity contribution in [3.63, 3.8) is 0 Å². The number of hydrogen-bond donors (Lipinski definition) is 0. The summed E-state index contributed by atoms with van der Waals surface area (Å²) in [7, 11) is 3.41. The van der Waals surface area contributed by atoms with Crippen LogP contribution in [-0.2, 0) is 11.2 Å². The fourth-order valence-corrected chi connectivity index (χ4v) is 4.01. The number of fused-ring (bicyclic) bond motifs is 1. The zero-order valence-electron chi connectivity index (χ0n) is 14.8. The molecule has 0 aliphatic carbocycles. The van der Waals surface area contributed by atoms with Gasteiger partial charge in [-0.3, -0.25) is 4.98 Å². The van der Waals surface area contributed by atoms with Crippen LogP contribution in [0.2, 0.25) is 5.02 Å². The molecule has 0 spiro atoms. The van der Waals surface area contributed by atoms with E-state index in [4.69, 9.17) is 16.6 Å². The predicted octanol–water partition coefficient (Wildman–Crippen LogP) is 2.68. The minimum Gasteiger partial charge on any atom is -0.354 e. The van der Waals surface area contributed by atoms with Gasteiger partial charge in [0.25, 0.3) is 0 Å². The summed E-state index contributed by atoms with van der Waals surface area (Å²) in [5.74, 6) is 0.692. The van der Waals surface area contributed by atoms with E-state index in [0.29, 0.717) is 52.5 Å². The number of pyridine rings is 2. The number of anilines is 1. The highest BCUT2D eigenvalue weighted by Gasteiger charge is 2.24. The molecule has 142 valence electrons. The summed E-state index contributed by atoms with van der Waals surface area (Å²) in [6.07, 6.45) is 4.50. The number of halogens is 2. The zero-order valence-corrected chi connectivity index (χ0v) is 16.4. The number of aromatic nitrogens is 4. The van der Waals surface area contributed by atoms with Gasteiger partial charge < -0.3 is 4.90 Å². The second-order valence-corrected chi connectivity index (χ2v) is 8.50. The largest absolute Gasteiger partial charge is 0.354 e. The minimum absolute atomic E-state index is 0.335. The first kappa shape index (κ1) is 18.3. The molecule has 4 rings (SSSR count). The van der Waals surface area contributed by atoms with Crippen LogP contribution in [-0.4, -0.2) is 61.0 Å². The van der Waals surface area contributed by atoms with Crippen molar-refractivity contribution in [3.8, 4) is 11.1 Å². The Hall–Kier alpha value is -2.10. The molecule has 4 heterocycles. The van der Waals surface area contributed by atoms with Crippen molar-refractivity contribution in [1.29, 1.82) is 0 Å². The maximum Gasteiger partial charge on any atom is 0.219 e. The van der Waals surface area contributed by atoms with E-state index >= 15 is 0 Å². The van der Waals surface area contributed by atoms with E-state index in [9.17, 15) is 8.60 Å². The van der Waals surface area contributed by atoms with Crippen LogP contribution >= 0.6 is 11.6 Å². The van der Waals surface area contributed by atoms with Crippen LogP contribution in [0.15, 0.2) is 30.7 Å². The fourth-order valence-electron chi connectivity index (χ4n) is 3.10. The van der Waals surface area contributed by atoms with Gasteiger partial charge in [0, 0.05) is 44.2 Å². The molecule has 0 bridgehead atoms. The van der Waals surface area contributed by atoms with Gasteiger partial charge in [-0.15, -0.1) is 0 Å². The predicted molar refractivity (Wildman–Crippen MR) is 105 cm³/mol. The third kappa shape index (κ3) is 3.42. The molecular formula is C17H18ClFN6OS. The van der Waals surface area contributed by atoms with Crippen molar-refractivity contribution in [2.75, 3.05) is 32.1 Å². The summed E-state index contributed by atoms with van der Waals surface area (Å²) in [6, 6.07) is 3.70. The average molecular weight is 409 g/mol. The second kappa shape index (κ2) is 7.14. The number of rotatable bonds is 4. The molecular weight excluding hydrogens is 391 g/mol. The van der Waals surface area contributed by atoms with E-state index in [1.807, 2.05) is 17.0 Å². The van der Waals surface area contributed by atoms with Crippen LogP contribution in [0.4, 0.5) is 10.2 Å². The highest BCUT2D eigenvalue weighted by molar-refractivity contribution is 7.80. The molecule has 3 aromatic heterocycles. The molecule has 3 aromatic rings. The molecule has 2 atom stereocenters. The smallest absolute Gasteiger partial charge is 0.219 e. The number of nitrogens with zero attached hydrogens (tertiary/aromatic N) is 6. The molecule has 10 heteroatoms. The average Bonchev–Trinajstić information content (AvgIpc) is 3.29. The van der Waals surface area contributed by atoms with Gasteiger partial charge >= 0.3 is 0 Å². The standard InChI is InChI=1S/C17H18ClFN6OS/c1-23(2)27(26)25-9-11(7-21-25)16-13(18)8-20-14-3-4-15(22-17(14)16)24-6-5-12(19)10-24/h3-4,7-9,12H,5-6,10H2,1-2H3. The van der Waals surface area contributed by atoms with E-state index in [1.54, 1.807) is 37.0 Å². The summed E-state index contributed by atoms with van der Waals surface area (Å²) in [6.45, 7) is 0.963. The van der Waals surface area contributed by atoms with E-state index in [0.717, 1.165) is 0 Å². The fraction of sp³-hybridized carbons (Fsp3) is 0.353. The van der Waals surface area contributed by atoms with Crippen LogP contribution in [0.3, 0.4) is 0 Å². The van der Waals surface area contributed by atoms with Crippen LogP contribution in [0.5, 0.6) is 0 Å². The molecule has 0 saturated carbocycles. The molecule has 0 N–H and O–H groups in total. The van der Waals surface area contributed by atoms with Crippen molar-refractivity contribution in [1.82, 2.24) is 23.5 Å². The first-order valence-electron chi connectivity index (χ1n) is 8.43. The van der Waals surface area contributed by atoms with Crippen LogP contribution < -0.4 is 4.90 Å². The van der Waals surface area contributed by atoms with Crippen LogP contribution in [0, 0.1) is 0 Å². The third-order valence-electron chi connectivity index (χ3n) is 4.43. The van der Waals surface area contributed by atoms with Gasteiger partial charge in [-0.25, -0.2) is 17.9 Å². The van der Waals surface area contributed by atoms with Gasteiger partial charge in [0.1, 0.15) is 17.5 Å². The summed E-state index contributed by atoms with van der Waals surface area (Å²) < 4.78 is 28.7. The molecule has 1 aliphatic heterocycles. The maximum absolute atomic E-state index is 13.6. The molecule has 1 aliphatic rings. The molecule has 0 radical (unpaired) electrons. The zero-order chi connectivity index (χ0) is 19.1.